The number of ether oxygens (including phenoxy) is 2. The summed E-state index contributed by atoms with van der Waals surface area (Å²) in [6.07, 6.45) is -9.84. The molecule has 0 saturated carbocycles. The maximum absolute atomic E-state index is 13.2. The van der Waals surface area contributed by atoms with Gasteiger partial charge in [-0.2, -0.15) is 26.3 Å². The Bertz CT molecular complexity index is 535. The molecule has 0 radical (unpaired) electrons. The Kier molecular flexibility index (Phi) is 4.57. The smallest absolute Gasteiger partial charge is 0.416 e. The van der Waals surface area contributed by atoms with Gasteiger partial charge in [0.15, 0.2) is 0 Å². The Morgan fingerprint density at radius 1 is 1.14 bits per heavy atom. The average Bonchev–Trinajstić information content (AvgIpc) is 2.44. The number of nitrogens with one attached hydrogen (secondary N) is 1. The molecule has 1 fully saturated rings. The average molecular weight is 329 g/mol. The van der Waals surface area contributed by atoms with E-state index in [-0.39, 0.29) is 18.2 Å². The molecule has 22 heavy (non-hydrogen) atoms. The van der Waals surface area contributed by atoms with Crippen molar-refractivity contribution in [1.29, 1.82) is 0 Å². The molecule has 0 amide bonds. The molecule has 3 nitrogen and oxygen atoms in total. The minimum absolute atomic E-state index is 0.0786. The van der Waals surface area contributed by atoms with E-state index in [0.717, 1.165) is 7.11 Å². The maximum atomic E-state index is 13.2. The SMILES string of the molecule is COc1cc(C(F)(F)F)cc(C(F)(F)F)c1[C@H]1COCCN1. The predicted octanol–water partition coefficient (Wildman–Crippen LogP) is 3.39. The molecule has 124 valence electrons. The van der Waals surface area contributed by atoms with E-state index in [1.807, 2.05) is 0 Å². The molecule has 2 rings (SSSR count). The van der Waals surface area contributed by atoms with Crippen LogP contribution in [0.1, 0.15) is 22.7 Å². The molecule has 1 aromatic rings. The summed E-state index contributed by atoms with van der Waals surface area (Å²) in [5.41, 5.74) is -3.15. The second-order valence-corrected chi connectivity index (χ2v) is 4.72. The monoisotopic (exact) mass is 329 g/mol. The Balaban J connectivity index is 2.63. The van der Waals surface area contributed by atoms with Gasteiger partial charge in [-0.15, -0.1) is 0 Å². The molecule has 0 aromatic heterocycles. The summed E-state index contributed by atoms with van der Waals surface area (Å²) in [5.74, 6) is -0.467. The van der Waals surface area contributed by atoms with E-state index in [4.69, 9.17) is 9.47 Å². The van der Waals surface area contributed by atoms with Crippen LogP contribution in [0.15, 0.2) is 12.1 Å². The molecule has 0 spiro atoms. The molecule has 1 aliphatic heterocycles. The van der Waals surface area contributed by atoms with Crippen molar-refractivity contribution in [3.8, 4) is 5.75 Å². The lowest BCUT2D eigenvalue weighted by atomic mass is 9.95. The van der Waals surface area contributed by atoms with Gasteiger partial charge in [0.25, 0.3) is 0 Å². The van der Waals surface area contributed by atoms with Crippen LogP contribution in [0.25, 0.3) is 0 Å². The van der Waals surface area contributed by atoms with Gasteiger partial charge in [0.1, 0.15) is 5.75 Å². The van der Waals surface area contributed by atoms with Crippen molar-refractivity contribution in [1.82, 2.24) is 5.32 Å². The summed E-state index contributed by atoms with van der Waals surface area (Å²) in [5, 5.41) is 2.79. The number of morpholine rings is 1. The second kappa shape index (κ2) is 5.96. The first kappa shape index (κ1) is 16.9. The quantitative estimate of drug-likeness (QED) is 0.844. The highest BCUT2D eigenvalue weighted by Crippen LogP contribution is 2.43. The van der Waals surface area contributed by atoms with Gasteiger partial charge >= 0.3 is 12.4 Å². The highest BCUT2D eigenvalue weighted by atomic mass is 19.4. The first-order valence-electron chi connectivity index (χ1n) is 6.32. The van der Waals surface area contributed by atoms with Crippen LogP contribution in [0.5, 0.6) is 5.75 Å². The second-order valence-electron chi connectivity index (χ2n) is 4.72. The van der Waals surface area contributed by atoms with Gasteiger partial charge in [-0.3, -0.25) is 0 Å². The topological polar surface area (TPSA) is 30.5 Å². The third kappa shape index (κ3) is 3.46. The molecule has 9 heteroatoms. The van der Waals surface area contributed by atoms with E-state index in [1.165, 1.54) is 0 Å². The zero-order valence-corrected chi connectivity index (χ0v) is 11.4. The Morgan fingerprint density at radius 2 is 1.82 bits per heavy atom. The third-order valence-corrected chi connectivity index (χ3v) is 3.26. The van der Waals surface area contributed by atoms with Gasteiger partial charge in [0.05, 0.1) is 37.5 Å². The molecule has 0 unspecified atom stereocenters. The molecule has 1 aliphatic rings. The van der Waals surface area contributed by atoms with Gasteiger partial charge in [-0.1, -0.05) is 0 Å². The van der Waals surface area contributed by atoms with Crippen LogP contribution in [-0.4, -0.2) is 26.9 Å². The summed E-state index contributed by atoms with van der Waals surface area (Å²) in [7, 11) is 1.03. The largest absolute Gasteiger partial charge is 0.496 e. The van der Waals surface area contributed by atoms with Gasteiger partial charge in [0, 0.05) is 12.1 Å². The normalized spacial score (nSPS) is 20.0. The number of hydrogen-bond acceptors (Lipinski definition) is 3. The fourth-order valence-corrected chi connectivity index (χ4v) is 2.30. The van der Waals surface area contributed by atoms with Crippen molar-refractivity contribution in [2.75, 3.05) is 26.9 Å². The maximum Gasteiger partial charge on any atom is 0.416 e. The lowest BCUT2D eigenvalue weighted by Gasteiger charge is -2.28. The molecule has 1 heterocycles. The van der Waals surface area contributed by atoms with E-state index in [1.54, 1.807) is 0 Å². The zero-order valence-electron chi connectivity index (χ0n) is 11.4. The molecule has 1 saturated heterocycles. The predicted molar refractivity (Wildman–Crippen MR) is 64.6 cm³/mol. The van der Waals surface area contributed by atoms with Crippen LogP contribution >= 0.6 is 0 Å². The Labute approximate surface area is 122 Å². The fraction of sp³-hybridized carbons (Fsp3) is 0.538. The van der Waals surface area contributed by atoms with Crippen LogP contribution in [0.2, 0.25) is 0 Å². The van der Waals surface area contributed by atoms with E-state index >= 15 is 0 Å². The lowest BCUT2D eigenvalue weighted by molar-refractivity contribution is -0.144. The number of rotatable bonds is 2. The van der Waals surface area contributed by atoms with Crippen molar-refractivity contribution in [3.63, 3.8) is 0 Å². The van der Waals surface area contributed by atoms with Crippen molar-refractivity contribution in [2.24, 2.45) is 0 Å². The standard InChI is InChI=1S/C13H13F6NO2/c1-21-10-5-7(12(14,15)16)4-8(13(17,18)19)11(10)9-6-22-3-2-20-9/h4-5,9,20H,2-3,6H2,1H3/t9-/m1/s1. The summed E-state index contributed by atoms with van der Waals surface area (Å²) in [6.45, 7) is 0.539. The van der Waals surface area contributed by atoms with Crippen LogP contribution in [0, 0.1) is 0 Å². The summed E-state index contributed by atoms with van der Waals surface area (Å²) in [6, 6.07) is -0.211. The fourth-order valence-electron chi connectivity index (χ4n) is 2.30. The Hall–Kier alpha value is -1.48. The van der Waals surface area contributed by atoms with Gasteiger partial charge in [-0.05, 0) is 12.1 Å². The molecular weight excluding hydrogens is 316 g/mol. The van der Waals surface area contributed by atoms with Crippen LogP contribution in [-0.2, 0) is 17.1 Å². The number of halogens is 6. The van der Waals surface area contributed by atoms with Gasteiger partial charge in [-0.25, -0.2) is 0 Å². The first-order chi connectivity index (χ1) is 10.1. The van der Waals surface area contributed by atoms with Crippen molar-refractivity contribution >= 4 is 0 Å². The summed E-state index contributed by atoms with van der Waals surface area (Å²) < 4.78 is 87.8. The molecular formula is C13H13F6NO2. The zero-order chi connectivity index (χ0) is 16.5. The number of methoxy groups -OCH3 is 1. The van der Waals surface area contributed by atoms with Crippen molar-refractivity contribution in [3.05, 3.63) is 28.8 Å². The van der Waals surface area contributed by atoms with Gasteiger partial charge in [0.2, 0.25) is 0 Å². The van der Waals surface area contributed by atoms with Crippen LogP contribution in [0.3, 0.4) is 0 Å². The molecule has 1 aromatic carbocycles. The minimum Gasteiger partial charge on any atom is -0.496 e. The lowest BCUT2D eigenvalue weighted by Crippen LogP contribution is -2.36. The minimum atomic E-state index is -4.94. The summed E-state index contributed by atoms with van der Waals surface area (Å²) in [4.78, 5) is 0. The van der Waals surface area contributed by atoms with Crippen molar-refractivity contribution < 1.29 is 35.8 Å². The Morgan fingerprint density at radius 3 is 2.27 bits per heavy atom. The highest BCUT2D eigenvalue weighted by Gasteiger charge is 2.41. The highest BCUT2D eigenvalue weighted by molar-refractivity contribution is 5.48. The molecule has 0 aliphatic carbocycles. The number of alkyl halides is 6. The van der Waals surface area contributed by atoms with Crippen molar-refractivity contribution in [2.45, 2.75) is 18.4 Å². The summed E-state index contributed by atoms with van der Waals surface area (Å²) >= 11 is 0. The molecule has 0 bridgehead atoms. The van der Waals surface area contributed by atoms with Crippen LogP contribution in [0.4, 0.5) is 26.3 Å². The molecule has 1 N–H and O–H groups in total. The van der Waals surface area contributed by atoms with E-state index in [9.17, 15) is 26.3 Å². The van der Waals surface area contributed by atoms with E-state index in [2.05, 4.69) is 5.32 Å². The third-order valence-electron chi connectivity index (χ3n) is 3.26. The first-order valence-corrected chi connectivity index (χ1v) is 6.32. The number of benzene rings is 1. The number of hydrogen-bond donors (Lipinski definition) is 1. The van der Waals surface area contributed by atoms with Crippen LogP contribution < -0.4 is 10.1 Å². The van der Waals surface area contributed by atoms with Gasteiger partial charge < -0.3 is 14.8 Å². The molecule has 1 atom stereocenters. The van der Waals surface area contributed by atoms with E-state index in [0.29, 0.717) is 19.2 Å². The van der Waals surface area contributed by atoms with E-state index < -0.39 is 35.3 Å².